The Hall–Kier alpha value is -3.85. The van der Waals surface area contributed by atoms with Gasteiger partial charge in [-0.15, -0.1) is 0 Å². The summed E-state index contributed by atoms with van der Waals surface area (Å²) in [6, 6.07) is 13.0. The summed E-state index contributed by atoms with van der Waals surface area (Å²) in [5.74, 6) is -0.161. The van der Waals surface area contributed by atoms with Crippen LogP contribution in [0.4, 0.5) is 11.4 Å². The molecule has 1 amide bonds. The molecule has 1 aromatic heterocycles. The van der Waals surface area contributed by atoms with E-state index in [4.69, 9.17) is 9.15 Å². The first-order valence-electron chi connectivity index (χ1n) is 11.4. The molecule has 3 aromatic carbocycles. The van der Waals surface area contributed by atoms with Gasteiger partial charge in [-0.05, 0) is 49.7 Å². The SMILES string of the molecule is CCCc1oc2ccc(NS(=O)(=O)c3ccc4c5c(cccc35)C(=O)N4C)cc2c1C(=O)OCC. The number of esters is 1. The molecule has 0 aliphatic carbocycles. The summed E-state index contributed by atoms with van der Waals surface area (Å²) in [6.07, 6.45) is 1.33. The maximum atomic E-state index is 13.5. The van der Waals surface area contributed by atoms with Crippen LogP contribution in [0.3, 0.4) is 0 Å². The number of nitrogens with zero attached hydrogens (tertiary/aromatic N) is 1. The number of amides is 1. The number of aryl methyl sites for hydroxylation is 1. The molecule has 2 heterocycles. The lowest BCUT2D eigenvalue weighted by molar-refractivity contribution is 0.0525. The van der Waals surface area contributed by atoms with E-state index < -0.39 is 16.0 Å². The van der Waals surface area contributed by atoms with Gasteiger partial charge in [0, 0.05) is 40.9 Å². The van der Waals surface area contributed by atoms with Gasteiger partial charge in [0.2, 0.25) is 0 Å². The Bertz CT molecular complexity index is 1620. The zero-order valence-corrected chi connectivity index (χ0v) is 20.4. The molecule has 0 bridgehead atoms. The van der Waals surface area contributed by atoms with Crippen molar-refractivity contribution in [2.45, 2.75) is 31.6 Å². The molecular formula is C26H24N2O6S. The summed E-state index contributed by atoms with van der Waals surface area (Å²) < 4.78 is 40.6. The highest BCUT2D eigenvalue weighted by molar-refractivity contribution is 7.93. The van der Waals surface area contributed by atoms with Crippen molar-refractivity contribution in [3.05, 3.63) is 65.4 Å². The quantitative estimate of drug-likeness (QED) is 0.360. The number of furan rings is 1. The van der Waals surface area contributed by atoms with Gasteiger partial charge >= 0.3 is 5.97 Å². The number of carbonyl (C=O) groups excluding carboxylic acids is 2. The minimum atomic E-state index is -4.02. The first-order valence-corrected chi connectivity index (χ1v) is 12.8. The average Bonchev–Trinajstić information content (AvgIpc) is 3.30. The highest BCUT2D eigenvalue weighted by Crippen LogP contribution is 2.40. The molecule has 1 aliphatic heterocycles. The Morgan fingerprint density at radius 1 is 1.09 bits per heavy atom. The van der Waals surface area contributed by atoms with Crippen LogP contribution < -0.4 is 9.62 Å². The maximum absolute atomic E-state index is 13.5. The third kappa shape index (κ3) is 3.63. The number of ether oxygens (including phenoxy) is 1. The molecule has 9 heteroatoms. The van der Waals surface area contributed by atoms with Crippen LogP contribution in [0.1, 0.15) is 46.7 Å². The van der Waals surface area contributed by atoms with Crippen LogP contribution in [0.5, 0.6) is 0 Å². The van der Waals surface area contributed by atoms with Crippen molar-refractivity contribution < 1.29 is 27.2 Å². The lowest BCUT2D eigenvalue weighted by atomic mass is 10.1. The average molecular weight is 493 g/mol. The Morgan fingerprint density at radius 2 is 1.89 bits per heavy atom. The third-order valence-electron chi connectivity index (χ3n) is 6.13. The summed E-state index contributed by atoms with van der Waals surface area (Å²) in [5, 5.41) is 1.56. The molecular weight excluding hydrogens is 468 g/mol. The molecule has 8 nitrogen and oxygen atoms in total. The number of anilines is 2. The second-order valence-corrected chi connectivity index (χ2v) is 10.0. The van der Waals surface area contributed by atoms with Gasteiger partial charge in [-0.3, -0.25) is 9.52 Å². The van der Waals surface area contributed by atoms with Gasteiger partial charge in [0.05, 0.1) is 17.2 Å². The van der Waals surface area contributed by atoms with Crippen LogP contribution in [0.25, 0.3) is 21.7 Å². The molecule has 35 heavy (non-hydrogen) atoms. The zero-order valence-electron chi connectivity index (χ0n) is 19.5. The van der Waals surface area contributed by atoms with E-state index in [0.29, 0.717) is 50.7 Å². The van der Waals surface area contributed by atoms with Gasteiger partial charge in [-0.1, -0.05) is 19.1 Å². The van der Waals surface area contributed by atoms with E-state index in [-0.39, 0.29) is 23.1 Å². The number of sulfonamides is 1. The van der Waals surface area contributed by atoms with Crippen molar-refractivity contribution in [1.82, 2.24) is 0 Å². The minimum absolute atomic E-state index is 0.0609. The van der Waals surface area contributed by atoms with Crippen molar-refractivity contribution in [3.63, 3.8) is 0 Å². The number of fused-ring (bicyclic) bond motifs is 1. The Kier molecular flexibility index (Phi) is 5.52. The summed E-state index contributed by atoms with van der Waals surface area (Å²) in [6.45, 7) is 3.92. The highest BCUT2D eigenvalue weighted by Gasteiger charge is 2.30. The second kappa shape index (κ2) is 8.42. The summed E-state index contributed by atoms with van der Waals surface area (Å²) >= 11 is 0. The first-order chi connectivity index (χ1) is 16.8. The predicted molar refractivity (Wildman–Crippen MR) is 134 cm³/mol. The van der Waals surface area contributed by atoms with Crippen LogP contribution >= 0.6 is 0 Å². The van der Waals surface area contributed by atoms with Crippen molar-refractivity contribution in [2.75, 3.05) is 23.3 Å². The smallest absolute Gasteiger partial charge is 0.342 e. The molecule has 0 atom stereocenters. The van der Waals surface area contributed by atoms with E-state index in [1.165, 1.54) is 11.0 Å². The van der Waals surface area contributed by atoms with Crippen molar-refractivity contribution >= 4 is 55.0 Å². The second-order valence-electron chi connectivity index (χ2n) is 8.36. The number of hydrogen-bond donors (Lipinski definition) is 1. The minimum Gasteiger partial charge on any atom is -0.462 e. The van der Waals surface area contributed by atoms with Gasteiger partial charge < -0.3 is 14.1 Å². The monoisotopic (exact) mass is 492 g/mol. The van der Waals surface area contributed by atoms with E-state index in [2.05, 4.69) is 4.72 Å². The fourth-order valence-corrected chi connectivity index (χ4v) is 5.85. The lowest BCUT2D eigenvalue weighted by Gasteiger charge is -2.13. The number of nitrogens with one attached hydrogen (secondary N) is 1. The first kappa shape index (κ1) is 22.9. The molecule has 4 aromatic rings. The van der Waals surface area contributed by atoms with Crippen molar-refractivity contribution in [1.29, 1.82) is 0 Å². The molecule has 180 valence electrons. The van der Waals surface area contributed by atoms with Crippen LogP contribution in [0.15, 0.2) is 57.8 Å². The van der Waals surface area contributed by atoms with E-state index in [0.717, 1.165) is 6.42 Å². The fraction of sp³-hybridized carbons (Fsp3) is 0.231. The molecule has 1 N–H and O–H groups in total. The molecule has 0 unspecified atom stereocenters. The lowest BCUT2D eigenvalue weighted by Crippen LogP contribution is -2.20. The van der Waals surface area contributed by atoms with Crippen LogP contribution in [0.2, 0.25) is 0 Å². The van der Waals surface area contributed by atoms with Gasteiger partial charge in [-0.25, -0.2) is 13.2 Å². The highest BCUT2D eigenvalue weighted by atomic mass is 32.2. The Morgan fingerprint density at radius 3 is 2.63 bits per heavy atom. The van der Waals surface area contributed by atoms with Gasteiger partial charge in [0.1, 0.15) is 16.9 Å². The van der Waals surface area contributed by atoms with E-state index in [1.807, 2.05) is 6.92 Å². The van der Waals surface area contributed by atoms with Crippen LogP contribution in [-0.4, -0.2) is 33.9 Å². The molecule has 5 rings (SSSR count). The molecule has 1 aliphatic rings. The van der Waals surface area contributed by atoms with Gasteiger partial charge in [-0.2, -0.15) is 0 Å². The fourth-order valence-electron chi connectivity index (χ4n) is 4.60. The largest absolute Gasteiger partial charge is 0.462 e. The predicted octanol–water partition coefficient (Wildman–Crippen LogP) is 5.11. The molecule has 0 radical (unpaired) electrons. The standard InChI is InChI=1S/C26H24N2O6S/c1-4-7-21-24(26(30)33-5-2)18-14-15(10-12-20(18)34-21)27-35(31,32)22-13-11-19-23-16(22)8-6-9-17(23)25(29)28(19)3/h6,8-14,27H,4-5,7H2,1-3H3. The number of rotatable bonds is 7. The zero-order chi connectivity index (χ0) is 24.9. The van der Waals surface area contributed by atoms with Crippen LogP contribution in [0, 0.1) is 0 Å². The number of benzene rings is 3. The number of hydrogen-bond acceptors (Lipinski definition) is 6. The van der Waals surface area contributed by atoms with Gasteiger partial charge in [0.25, 0.3) is 15.9 Å². The van der Waals surface area contributed by atoms with Crippen LogP contribution in [-0.2, 0) is 21.2 Å². The molecule has 0 saturated heterocycles. The van der Waals surface area contributed by atoms with E-state index in [9.17, 15) is 18.0 Å². The third-order valence-corrected chi connectivity index (χ3v) is 7.57. The van der Waals surface area contributed by atoms with Crippen molar-refractivity contribution in [3.8, 4) is 0 Å². The summed E-state index contributed by atoms with van der Waals surface area (Å²) in [5.41, 5.74) is 2.22. The summed E-state index contributed by atoms with van der Waals surface area (Å²) in [4.78, 5) is 26.8. The Labute approximate surface area is 202 Å². The summed E-state index contributed by atoms with van der Waals surface area (Å²) in [7, 11) is -2.36. The van der Waals surface area contributed by atoms with Gasteiger partial charge in [0.15, 0.2) is 0 Å². The van der Waals surface area contributed by atoms with E-state index in [1.54, 1.807) is 56.4 Å². The maximum Gasteiger partial charge on any atom is 0.342 e. The normalized spacial score (nSPS) is 13.1. The molecule has 0 fully saturated rings. The van der Waals surface area contributed by atoms with E-state index >= 15 is 0 Å². The number of carbonyl (C=O) groups is 2. The molecule has 0 saturated carbocycles. The molecule has 0 spiro atoms. The topological polar surface area (TPSA) is 106 Å². The Balaban J connectivity index is 1.59. The van der Waals surface area contributed by atoms with Crippen molar-refractivity contribution in [2.24, 2.45) is 0 Å².